The van der Waals surface area contributed by atoms with Gasteiger partial charge in [-0.15, -0.1) is 0 Å². The average Bonchev–Trinajstić information content (AvgIpc) is 2.73. The van der Waals surface area contributed by atoms with Gasteiger partial charge in [0.05, 0.1) is 5.69 Å². The molecule has 2 heterocycles. The highest BCUT2D eigenvalue weighted by atomic mass is 35.5. The van der Waals surface area contributed by atoms with Crippen molar-refractivity contribution in [1.29, 1.82) is 0 Å². The maximum Gasteiger partial charge on any atom is 0.270 e. The molecule has 1 amide bonds. The van der Waals surface area contributed by atoms with Crippen molar-refractivity contribution in [3.8, 4) is 0 Å². The number of carbonyl (C=O) groups excluding carboxylic acids is 1. The number of halogens is 1. The molecule has 0 bridgehead atoms. The number of carbonyl (C=O) groups is 1. The van der Waals surface area contributed by atoms with Crippen LogP contribution in [0.2, 0.25) is 5.02 Å². The number of nitrogens with zero attached hydrogens (tertiary/aromatic N) is 2. The summed E-state index contributed by atoms with van der Waals surface area (Å²) in [5.41, 5.74) is 2.11. The second-order valence-corrected chi connectivity index (χ2v) is 5.37. The molecule has 0 atom stereocenters. The van der Waals surface area contributed by atoms with Gasteiger partial charge >= 0.3 is 0 Å². The van der Waals surface area contributed by atoms with Crippen molar-refractivity contribution >= 4 is 23.2 Å². The molecule has 2 aromatic heterocycles. The Bertz CT molecular complexity index is 604. The summed E-state index contributed by atoms with van der Waals surface area (Å²) >= 11 is 5.95. The molecule has 0 aliphatic carbocycles. The largest absolute Gasteiger partial charge is 0.350 e. The Kier molecular flexibility index (Phi) is 4.10. The van der Waals surface area contributed by atoms with Crippen molar-refractivity contribution in [3.05, 3.63) is 34.7 Å². The Balaban J connectivity index is 2.42. The topological polar surface area (TPSA) is 46.4 Å². The van der Waals surface area contributed by atoms with E-state index in [0.717, 1.165) is 5.69 Å². The third-order valence-corrected chi connectivity index (χ3v) is 3.12. The van der Waals surface area contributed by atoms with Gasteiger partial charge in [-0.2, -0.15) is 0 Å². The molecule has 5 heteroatoms. The normalized spacial score (nSPS) is 11.2. The SMILES string of the molecule is CCc1nc2cc(Cl)ccn2c1C(=O)NCC(C)C. The van der Waals surface area contributed by atoms with Crippen molar-refractivity contribution in [2.45, 2.75) is 27.2 Å². The summed E-state index contributed by atoms with van der Waals surface area (Å²) in [5.74, 6) is 0.336. The van der Waals surface area contributed by atoms with Gasteiger partial charge in [0.15, 0.2) is 0 Å². The average molecular weight is 280 g/mol. The molecular weight excluding hydrogens is 262 g/mol. The van der Waals surface area contributed by atoms with E-state index in [4.69, 9.17) is 11.6 Å². The number of nitrogens with one attached hydrogen (secondary N) is 1. The van der Waals surface area contributed by atoms with Crippen molar-refractivity contribution in [3.63, 3.8) is 0 Å². The highest BCUT2D eigenvalue weighted by Gasteiger charge is 2.18. The zero-order valence-corrected chi connectivity index (χ0v) is 12.2. The van der Waals surface area contributed by atoms with Gasteiger partial charge in [0.1, 0.15) is 11.3 Å². The van der Waals surface area contributed by atoms with Gasteiger partial charge in [0, 0.05) is 23.8 Å². The maximum atomic E-state index is 12.3. The lowest BCUT2D eigenvalue weighted by atomic mass is 10.2. The van der Waals surface area contributed by atoms with Gasteiger partial charge in [-0.3, -0.25) is 9.20 Å². The molecule has 0 fully saturated rings. The van der Waals surface area contributed by atoms with E-state index in [9.17, 15) is 4.79 Å². The van der Waals surface area contributed by atoms with E-state index in [1.807, 2.05) is 6.92 Å². The van der Waals surface area contributed by atoms with Crippen LogP contribution in [0.4, 0.5) is 0 Å². The number of amides is 1. The van der Waals surface area contributed by atoms with E-state index in [1.165, 1.54) is 0 Å². The lowest BCUT2D eigenvalue weighted by Gasteiger charge is -2.08. The summed E-state index contributed by atoms with van der Waals surface area (Å²) in [6, 6.07) is 3.52. The Morgan fingerprint density at radius 1 is 1.53 bits per heavy atom. The van der Waals surface area contributed by atoms with Crippen LogP contribution in [0, 0.1) is 5.92 Å². The van der Waals surface area contributed by atoms with Crippen molar-refractivity contribution in [2.75, 3.05) is 6.54 Å². The van der Waals surface area contributed by atoms with Crippen LogP contribution in [0.25, 0.3) is 5.65 Å². The van der Waals surface area contributed by atoms with Gasteiger partial charge in [-0.25, -0.2) is 4.98 Å². The second-order valence-electron chi connectivity index (χ2n) is 4.94. The standard InChI is InChI=1S/C14H18ClN3O/c1-4-11-13(14(19)16-8-9(2)3)18-6-5-10(15)7-12(18)17-11/h5-7,9H,4,8H2,1-3H3,(H,16,19). The smallest absolute Gasteiger partial charge is 0.270 e. The highest BCUT2D eigenvalue weighted by Crippen LogP contribution is 2.17. The molecule has 1 N–H and O–H groups in total. The molecule has 0 saturated carbocycles. The van der Waals surface area contributed by atoms with E-state index in [-0.39, 0.29) is 5.91 Å². The van der Waals surface area contributed by atoms with Gasteiger partial charge in [-0.1, -0.05) is 32.4 Å². The predicted molar refractivity (Wildman–Crippen MR) is 76.8 cm³/mol. The number of aromatic nitrogens is 2. The van der Waals surface area contributed by atoms with E-state index in [2.05, 4.69) is 24.1 Å². The molecule has 0 aliphatic rings. The van der Waals surface area contributed by atoms with E-state index in [1.54, 1.807) is 22.7 Å². The van der Waals surface area contributed by atoms with Crippen LogP contribution in [0.1, 0.15) is 37.0 Å². The van der Waals surface area contributed by atoms with Crippen molar-refractivity contribution < 1.29 is 4.79 Å². The third kappa shape index (κ3) is 2.89. The first-order valence-corrected chi connectivity index (χ1v) is 6.85. The van der Waals surface area contributed by atoms with E-state index >= 15 is 0 Å². The number of hydrogen-bond donors (Lipinski definition) is 1. The van der Waals surface area contributed by atoms with Crippen LogP contribution in [0.5, 0.6) is 0 Å². The molecule has 2 rings (SSSR count). The summed E-state index contributed by atoms with van der Waals surface area (Å²) in [4.78, 5) is 16.7. The third-order valence-electron chi connectivity index (χ3n) is 2.88. The van der Waals surface area contributed by atoms with Crippen LogP contribution in [0.15, 0.2) is 18.3 Å². The summed E-state index contributed by atoms with van der Waals surface area (Å²) in [5, 5.41) is 3.55. The Hall–Kier alpha value is -1.55. The first-order valence-electron chi connectivity index (χ1n) is 6.47. The number of aryl methyl sites for hydroxylation is 1. The summed E-state index contributed by atoms with van der Waals surface area (Å²) in [6.07, 6.45) is 2.50. The van der Waals surface area contributed by atoms with Gasteiger partial charge in [-0.05, 0) is 18.4 Å². The first kappa shape index (κ1) is 13.9. The molecule has 19 heavy (non-hydrogen) atoms. The monoisotopic (exact) mass is 279 g/mol. The van der Waals surface area contributed by atoms with Crippen LogP contribution in [0.3, 0.4) is 0 Å². The summed E-state index contributed by atoms with van der Waals surface area (Å²) in [7, 11) is 0. The van der Waals surface area contributed by atoms with Crippen LogP contribution in [-0.2, 0) is 6.42 Å². The summed E-state index contributed by atoms with van der Waals surface area (Å²) < 4.78 is 1.79. The van der Waals surface area contributed by atoms with Gasteiger partial charge in [0.2, 0.25) is 0 Å². The van der Waals surface area contributed by atoms with Crippen molar-refractivity contribution in [1.82, 2.24) is 14.7 Å². The maximum absolute atomic E-state index is 12.3. The van der Waals surface area contributed by atoms with Gasteiger partial charge in [0.25, 0.3) is 5.91 Å². The Labute approximate surface area is 117 Å². The van der Waals surface area contributed by atoms with Crippen molar-refractivity contribution in [2.24, 2.45) is 5.92 Å². The number of imidazole rings is 1. The molecule has 0 radical (unpaired) electrons. The highest BCUT2D eigenvalue weighted by molar-refractivity contribution is 6.30. The molecule has 4 nitrogen and oxygen atoms in total. The molecule has 0 aromatic carbocycles. The lowest BCUT2D eigenvalue weighted by molar-refractivity contribution is 0.0942. The Morgan fingerprint density at radius 3 is 2.89 bits per heavy atom. The second kappa shape index (κ2) is 5.61. The predicted octanol–water partition coefficient (Wildman–Crippen LogP) is 2.94. The fourth-order valence-corrected chi connectivity index (χ4v) is 2.09. The molecule has 0 unspecified atom stereocenters. The molecular formula is C14H18ClN3O. The van der Waals surface area contributed by atoms with Crippen LogP contribution >= 0.6 is 11.6 Å². The fraction of sp³-hybridized carbons (Fsp3) is 0.429. The van der Waals surface area contributed by atoms with Crippen LogP contribution < -0.4 is 5.32 Å². The number of hydrogen-bond acceptors (Lipinski definition) is 2. The van der Waals surface area contributed by atoms with Crippen LogP contribution in [-0.4, -0.2) is 21.8 Å². The lowest BCUT2D eigenvalue weighted by Crippen LogP contribution is -2.29. The van der Waals surface area contributed by atoms with E-state index < -0.39 is 0 Å². The number of pyridine rings is 1. The molecule has 0 aliphatic heterocycles. The molecule has 0 spiro atoms. The minimum Gasteiger partial charge on any atom is -0.350 e. The quantitative estimate of drug-likeness (QED) is 0.935. The molecule has 0 saturated heterocycles. The summed E-state index contributed by atoms with van der Waals surface area (Å²) in [6.45, 7) is 6.77. The zero-order valence-electron chi connectivity index (χ0n) is 11.4. The zero-order chi connectivity index (χ0) is 14.0. The van der Waals surface area contributed by atoms with Gasteiger partial charge < -0.3 is 5.32 Å². The number of rotatable bonds is 4. The minimum atomic E-state index is -0.0830. The first-order chi connectivity index (χ1) is 9.02. The fourth-order valence-electron chi connectivity index (χ4n) is 1.94. The van der Waals surface area contributed by atoms with E-state index in [0.29, 0.717) is 35.2 Å². The minimum absolute atomic E-state index is 0.0830. The molecule has 102 valence electrons. The Morgan fingerprint density at radius 2 is 2.26 bits per heavy atom. The molecule has 2 aromatic rings. The number of fused-ring (bicyclic) bond motifs is 1.